The first-order valence-electron chi connectivity index (χ1n) is 8.93. The average molecular weight is 458 g/mol. The molecule has 0 spiro atoms. The van der Waals surface area contributed by atoms with Gasteiger partial charge in [0.15, 0.2) is 0 Å². The monoisotopic (exact) mass is 457 g/mol. The quantitative estimate of drug-likeness (QED) is 0.639. The number of para-hydroxylation sites is 1. The fraction of sp³-hybridized carbons (Fsp3) is 0.200. The molecule has 0 fully saturated rings. The standard InChI is InChI=1S/C20H20BrN5O3/c1-12-10-14(21)8-9-16(12)24-17(27)11-22-19(28)18-23-13(2)20(29)26(25-18)15-6-4-3-5-7-15/h3-10,13H,11H2,1-2H3,(H,22,28)(H,23,25)(H,24,27). The molecule has 8 nitrogen and oxygen atoms in total. The summed E-state index contributed by atoms with van der Waals surface area (Å²) in [6.07, 6.45) is 0. The molecule has 1 atom stereocenters. The molecule has 29 heavy (non-hydrogen) atoms. The molecule has 0 aromatic heterocycles. The third-order valence-electron chi connectivity index (χ3n) is 4.22. The first kappa shape index (κ1) is 20.5. The Morgan fingerprint density at radius 1 is 1.21 bits per heavy atom. The third kappa shape index (κ3) is 5.00. The summed E-state index contributed by atoms with van der Waals surface area (Å²) in [6, 6.07) is 13.6. The van der Waals surface area contributed by atoms with Crippen LogP contribution in [0.4, 0.5) is 11.4 Å². The number of aliphatic imine (C=N–C) groups is 1. The lowest BCUT2D eigenvalue weighted by Crippen LogP contribution is -2.58. The Kier molecular flexibility index (Phi) is 6.28. The van der Waals surface area contributed by atoms with Gasteiger partial charge in [0.2, 0.25) is 11.7 Å². The van der Waals surface area contributed by atoms with E-state index in [9.17, 15) is 14.4 Å². The number of rotatable bonds is 5. The number of hydrogen-bond donors (Lipinski definition) is 3. The predicted molar refractivity (Wildman–Crippen MR) is 114 cm³/mol. The molecule has 0 radical (unpaired) electrons. The van der Waals surface area contributed by atoms with Gasteiger partial charge in [0, 0.05) is 10.2 Å². The number of nitrogens with one attached hydrogen (secondary N) is 3. The highest BCUT2D eigenvalue weighted by atomic mass is 79.9. The summed E-state index contributed by atoms with van der Waals surface area (Å²) in [5.41, 5.74) is 4.87. The maximum atomic E-state index is 12.5. The van der Waals surface area contributed by atoms with Gasteiger partial charge in [0.25, 0.3) is 11.8 Å². The molecule has 3 rings (SSSR count). The molecule has 1 aliphatic rings. The molecule has 150 valence electrons. The van der Waals surface area contributed by atoms with E-state index < -0.39 is 11.9 Å². The number of anilines is 2. The Labute approximate surface area is 176 Å². The number of amidine groups is 1. The normalized spacial score (nSPS) is 16.0. The minimum absolute atomic E-state index is 0.0337. The Bertz CT molecular complexity index is 977. The highest BCUT2D eigenvalue weighted by Gasteiger charge is 2.30. The predicted octanol–water partition coefficient (Wildman–Crippen LogP) is 2.15. The van der Waals surface area contributed by atoms with Crippen LogP contribution in [0.3, 0.4) is 0 Å². The van der Waals surface area contributed by atoms with Crippen molar-refractivity contribution in [1.82, 2.24) is 10.7 Å². The van der Waals surface area contributed by atoms with Crippen molar-refractivity contribution in [2.45, 2.75) is 19.9 Å². The van der Waals surface area contributed by atoms with Gasteiger partial charge in [0.05, 0.1) is 12.2 Å². The van der Waals surface area contributed by atoms with Crippen molar-refractivity contribution >= 4 is 50.9 Å². The molecule has 0 saturated carbocycles. The number of carbonyl (C=O) groups is 3. The molecule has 1 unspecified atom stereocenters. The molecule has 2 aromatic carbocycles. The second kappa shape index (κ2) is 8.87. The van der Waals surface area contributed by atoms with Crippen molar-refractivity contribution in [3.05, 3.63) is 58.6 Å². The molecule has 0 aliphatic carbocycles. The molecular weight excluding hydrogens is 438 g/mol. The fourth-order valence-corrected chi connectivity index (χ4v) is 3.19. The van der Waals surface area contributed by atoms with Crippen molar-refractivity contribution in [2.24, 2.45) is 4.99 Å². The topological polar surface area (TPSA) is 103 Å². The van der Waals surface area contributed by atoms with Gasteiger partial charge in [-0.1, -0.05) is 34.1 Å². The second-order valence-corrected chi connectivity index (χ2v) is 7.38. The minimum atomic E-state index is -0.726. The largest absolute Gasteiger partial charge is 0.340 e. The average Bonchev–Trinajstić information content (AvgIpc) is 2.71. The van der Waals surface area contributed by atoms with Crippen LogP contribution in [0.1, 0.15) is 12.5 Å². The molecule has 0 saturated heterocycles. The van der Waals surface area contributed by atoms with Crippen LogP contribution in [0, 0.1) is 6.92 Å². The second-order valence-electron chi connectivity index (χ2n) is 6.46. The zero-order valence-corrected chi connectivity index (χ0v) is 17.5. The zero-order chi connectivity index (χ0) is 21.0. The number of carbonyl (C=O) groups excluding carboxylic acids is 3. The van der Waals surface area contributed by atoms with E-state index in [0.29, 0.717) is 11.4 Å². The van der Waals surface area contributed by atoms with E-state index in [2.05, 4.69) is 37.0 Å². The van der Waals surface area contributed by atoms with E-state index in [-0.39, 0.29) is 24.2 Å². The zero-order valence-electron chi connectivity index (χ0n) is 15.9. The van der Waals surface area contributed by atoms with Crippen molar-refractivity contribution < 1.29 is 14.4 Å². The van der Waals surface area contributed by atoms with Crippen LogP contribution in [0.5, 0.6) is 0 Å². The minimum Gasteiger partial charge on any atom is -0.340 e. The van der Waals surface area contributed by atoms with Gasteiger partial charge in [-0.15, -0.1) is 0 Å². The Morgan fingerprint density at radius 2 is 1.93 bits per heavy atom. The molecular formula is C20H20BrN5O3. The van der Waals surface area contributed by atoms with Gasteiger partial charge in [-0.3, -0.25) is 19.8 Å². The Hall–Kier alpha value is -3.20. The molecule has 1 aliphatic heterocycles. The maximum Gasteiger partial charge on any atom is 0.288 e. The van der Waals surface area contributed by atoms with E-state index in [1.54, 1.807) is 37.3 Å². The highest BCUT2D eigenvalue weighted by molar-refractivity contribution is 9.10. The summed E-state index contributed by atoms with van der Waals surface area (Å²) in [7, 11) is 0. The van der Waals surface area contributed by atoms with E-state index in [1.807, 2.05) is 25.1 Å². The Balaban J connectivity index is 1.61. The van der Waals surface area contributed by atoms with E-state index in [0.717, 1.165) is 10.0 Å². The van der Waals surface area contributed by atoms with Crippen LogP contribution in [-0.4, -0.2) is 36.1 Å². The van der Waals surface area contributed by atoms with E-state index in [1.165, 1.54) is 5.01 Å². The van der Waals surface area contributed by atoms with Crippen molar-refractivity contribution in [2.75, 3.05) is 16.9 Å². The lowest BCUT2D eigenvalue weighted by molar-refractivity contribution is -0.121. The van der Waals surface area contributed by atoms with Crippen molar-refractivity contribution in [3.8, 4) is 0 Å². The molecule has 3 amide bonds. The fourth-order valence-electron chi connectivity index (χ4n) is 2.71. The summed E-state index contributed by atoms with van der Waals surface area (Å²) in [5.74, 6) is -1.26. The van der Waals surface area contributed by atoms with Crippen LogP contribution in [0.2, 0.25) is 0 Å². The number of nitrogens with zero attached hydrogens (tertiary/aromatic N) is 2. The van der Waals surface area contributed by atoms with Crippen molar-refractivity contribution in [3.63, 3.8) is 0 Å². The summed E-state index contributed by atoms with van der Waals surface area (Å²) in [5, 5.41) is 6.54. The van der Waals surface area contributed by atoms with Crippen LogP contribution >= 0.6 is 15.9 Å². The lowest BCUT2D eigenvalue weighted by atomic mass is 10.2. The summed E-state index contributed by atoms with van der Waals surface area (Å²) in [6.45, 7) is 3.24. The summed E-state index contributed by atoms with van der Waals surface area (Å²) < 4.78 is 0.911. The molecule has 2 aromatic rings. The highest BCUT2D eigenvalue weighted by Crippen LogP contribution is 2.20. The molecule has 0 bridgehead atoms. The Morgan fingerprint density at radius 3 is 2.62 bits per heavy atom. The summed E-state index contributed by atoms with van der Waals surface area (Å²) >= 11 is 3.37. The van der Waals surface area contributed by atoms with E-state index in [4.69, 9.17) is 0 Å². The van der Waals surface area contributed by atoms with Gasteiger partial charge in [-0.2, -0.15) is 0 Å². The number of amides is 3. The smallest absolute Gasteiger partial charge is 0.288 e. The van der Waals surface area contributed by atoms with E-state index >= 15 is 0 Å². The number of hydrogen-bond acceptors (Lipinski definition) is 5. The number of halogens is 1. The van der Waals surface area contributed by atoms with Gasteiger partial charge < -0.3 is 10.6 Å². The van der Waals surface area contributed by atoms with Crippen LogP contribution in [0.25, 0.3) is 0 Å². The van der Waals surface area contributed by atoms with Crippen LogP contribution in [-0.2, 0) is 14.4 Å². The SMILES string of the molecule is Cc1cc(Br)ccc1NC(=O)CNC(=O)C1=NC(C)C(=O)N(c2ccccc2)N1. The van der Waals surface area contributed by atoms with Crippen molar-refractivity contribution in [1.29, 1.82) is 0 Å². The number of benzene rings is 2. The van der Waals surface area contributed by atoms with Crippen LogP contribution in [0.15, 0.2) is 58.0 Å². The maximum absolute atomic E-state index is 12.5. The van der Waals surface area contributed by atoms with Gasteiger partial charge in [0.1, 0.15) is 6.04 Å². The molecule has 1 heterocycles. The number of hydrazine groups is 1. The molecule has 9 heteroatoms. The molecule has 3 N–H and O–H groups in total. The number of aryl methyl sites for hydroxylation is 1. The van der Waals surface area contributed by atoms with Crippen LogP contribution < -0.4 is 21.1 Å². The first-order valence-corrected chi connectivity index (χ1v) is 9.72. The summed E-state index contributed by atoms with van der Waals surface area (Å²) in [4.78, 5) is 41.1. The first-order chi connectivity index (χ1) is 13.8. The lowest BCUT2D eigenvalue weighted by Gasteiger charge is -2.30. The third-order valence-corrected chi connectivity index (χ3v) is 4.71. The van der Waals surface area contributed by atoms with Gasteiger partial charge in [-0.05, 0) is 49.7 Å². The van der Waals surface area contributed by atoms with Gasteiger partial charge in [-0.25, -0.2) is 10.0 Å². The van der Waals surface area contributed by atoms with Gasteiger partial charge >= 0.3 is 0 Å².